The van der Waals surface area contributed by atoms with Gasteiger partial charge in [-0.15, -0.1) is 0 Å². The van der Waals surface area contributed by atoms with Crippen molar-refractivity contribution < 1.29 is 19.7 Å². The summed E-state index contributed by atoms with van der Waals surface area (Å²) in [5, 5.41) is 19.4. The molecule has 0 aromatic carbocycles. The summed E-state index contributed by atoms with van der Waals surface area (Å²) in [6.45, 7) is 2.06. The highest BCUT2D eigenvalue weighted by Crippen LogP contribution is 2.14. The number of unbranched alkanes of at least 4 members (excludes halogenated alkanes) is 5. The molecule has 0 radical (unpaired) electrons. The maximum absolute atomic E-state index is 10.9. The van der Waals surface area contributed by atoms with Crippen LogP contribution in [0.2, 0.25) is 0 Å². The van der Waals surface area contributed by atoms with E-state index >= 15 is 0 Å². The third-order valence-corrected chi connectivity index (χ3v) is 3.85. The summed E-state index contributed by atoms with van der Waals surface area (Å²) in [7, 11) is 1.43. The molecule has 0 fully saturated rings. The van der Waals surface area contributed by atoms with Gasteiger partial charge in [0.1, 0.15) is 0 Å². The number of carbonyl (C=O) groups excluding carboxylic acids is 1. The van der Waals surface area contributed by atoms with E-state index in [9.17, 15) is 15.0 Å². The molecular formula is C17H34O4. The Morgan fingerprint density at radius 1 is 0.857 bits per heavy atom. The molecule has 4 heteroatoms. The zero-order valence-corrected chi connectivity index (χ0v) is 13.9. The van der Waals surface area contributed by atoms with E-state index < -0.39 is 0 Å². The highest BCUT2D eigenvalue weighted by atomic mass is 16.5. The minimum atomic E-state index is -0.268. The summed E-state index contributed by atoms with van der Waals surface area (Å²) in [6.07, 6.45) is 10.5. The van der Waals surface area contributed by atoms with Gasteiger partial charge >= 0.3 is 5.97 Å². The number of carbonyl (C=O) groups is 1. The molecule has 0 bridgehead atoms. The van der Waals surface area contributed by atoms with Gasteiger partial charge in [-0.1, -0.05) is 45.4 Å². The van der Waals surface area contributed by atoms with Gasteiger partial charge in [0.25, 0.3) is 0 Å². The lowest BCUT2D eigenvalue weighted by Crippen LogP contribution is -2.13. The van der Waals surface area contributed by atoms with E-state index in [1.165, 1.54) is 7.11 Å². The molecule has 0 rings (SSSR count). The van der Waals surface area contributed by atoms with Crippen LogP contribution in [0.25, 0.3) is 0 Å². The van der Waals surface area contributed by atoms with Crippen LogP contribution in [0.15, 0.2) is 0 Å². The van der Waals surface area contributed by atoms with Crippen molar-refractivity contribution in [2.24, 2.45) is 0 Å². The third-order valence-electron chi connectivity index (χ3n) is 3.85. The molecule has 126 valence electrons. The Labute approximate surface area is 129 Å². The number of methoxy groups -OCH3 is 1. The first-order valence-electron chi connectivity index (χ1n) is 8.53. The molecule has 0 amide bonds. The number of hydrogen-bond acceptors (Lipinski definition) is 4. The van der Waals surface area contributed by atoms with E-state index in [1.807, 2.05) is 0 Å². The number of rotatable bonds is 14. The largest absolute Gasteiger partial charge is 0.469 e. The van der Waals surface area contributed by atoms with Crippen LogP contribution < -0.4 is 0 Å². The van der Waals surface area contributed by atoms with Crippen molar-refractivity contribution in [2.75, 3.05) is 7.11 Å². The van der Waals surface area contributed by atoms with Crippen LogP contribution in [0.3, 0.4) is 0 Å². The Morgan fingerprint density at radius 2 is 1.38 bits per heavy atom. The standard InChI is InChI=1S/C17H34O4/c1-3-10-15(18)13-14-16(19)11-8-6-4-5-7-9-12-17(20)21-2/h15-16,18-19H,3-14H2,1-2H3. The zero-order chi connectivity index (χ0) is 15.9. The Hall–Kier alpha value is -0.610. The summed E-state index contributed by atoms with van der Waals surface area (Å²) < 4.78 is 4.59. The minimum absolute atomic E-state index is 0.122. The van der Waals surface area contributed by atoms with Crippen molar-refractivity contribution in [3.63, 3.8) is 0 Å². The van der Waals surface area contributed by atoms with Gasteiger partial charge in [0.05, 0.1) is 19.3 Å². The molecule has 0 aromatic rings. The van der Waals surface area contributed by atoms with E-state index in [0.29, 0.717) is 19.3 Å². The van der Waals surface area contributed by atoms with Gasteiger partial charge in [0.15, 0.2) is 0 Å². The maximum atomic E-state index is 10.9. The fourth-order valence-corrected chi connectivity index (χ4v) is 2.47. The molecule has 0 spiro atoms. The first kappa shape index (κ1) is 20.4. The maximum Gasteiger partial charge on any atom is 0.305 e. The first-order chi connectivity index (χ1) is 10.1. The van der Waals surface area contributed by atoms with Crippen molar-refractivity contribution >= 4 is 5.97 Å². The van der Waals surface area contributed by atoms with Crippen LogP contribution in [-0.4, -0.2) is 35.5 Å². The number of esters is 1. The first-order valence-corrected chi connectivity index (χ1v) is 8.53. The Bertz CT molecular complexity index is 243. The average molecular weight is 302 g/mol. The topological polar surface area (TPSA) is 66.8 Å². The van der Waals surface area contributed by atoms with Crippen LogP contribution in [-0.2, 0) is 9.53 Å². The second-order valence-electron chi connectivity index (χ2n) is 5.91. The van der Waals surface area contributed by atoms with E-state index in [2.05, 4.69) is 11.7 Å². The molecule has 0 saturated carbocycles. The van der Waals surface area contributed by atoms with Crippen LogP contribution in [0.1, 0.15) is 84.0 Å². The van der Waals surface area contributed by atoms with Gasteiger partial charge in [-0.2, -0.15) is 0 Å². The van der Waals surface area contributed by atoms with Crippen molar-refractivity contribution in [1.29, 1.82) is 0 Å². The number of aliphatic hydroxyl groups excluding tert-OH is 2. The number of aliphatic hydroxyl groups is 2. The lowest BCUT2D eigenvalue weighted by Gasteiger charge is -2.13. The summed E-state index contributed by atoms with van der Waals surface area (Å²) in [5.41, 5.74) is 0. The van der Waals surface area contributed by atoms with E-state index in [0.717, 1.165) is 57.8 Å². The minimum Gasteiger partial charge on any atom is -0.469 e. The lowest BCUT2D eigenvalue weighted by atomic mass is 10.0. The molecule has 2 unspecified atom stereocenters. The Kier molecular flexibility index (Phi) is 13.9. The van der Waals surface area contributed by atoms with Gasteiger partial charge in [0, 0.05) is 6.42 Å². The molecule has 0 aliphatic carbocycles. The number of ether oxygens (including phenoxy) is 1. The van der Waals surface area contributed by atoms with Gasteiger partial charge in [-0.25, -0.2) is 0 Å². The lowest BCUT2D eigenvalue weighted by molar-refractivity contribution is -0.140. The summed E-state index contributed by atoms with van der Waals surface area (Å²) >= 11 is 0. The van der Waals surface area contributed by atoms with E-state index in [4.69, 9.17) is 0 Å². The Morgan fingerprint density at radius 3 is 1.95 bits per heavy atom. The second-order valence-corrected chi connectivity index (χ2v) is 5.91. The van der Waals surface area contributed by atoms with Crippen LogP contribution in [0, 0.1) is 0 Å². The molecular weight excluding hydrogens is 268 g/mol. The Balaban J connectivity index is 3.28. The van der Waals surface area contributed by atoms with E-state index in [-0.39, 0.29) is 18.2 Å². The molecule has 0 aliphatic heterocycles. The average Bonchev–Trinajstić information content (AvgIpc) is 2.47. The van der Waals surface area contributed by atoms with Gasteiger partial charge in [-0.3, -0.25) is 4.79 Å². The molecule has 0 aromatic heterocycles. The van der Waals surface area contributed by atoms with Gasteiger partial charge < -0.3 is 14.9 Å². The van der Waals surface area contributed by atoms with Gasteiger partial charge in [0.2, 0.25) is 0 Å². The molecule has 2 atom stereocenters. The van der Waals surface area contributed by atoms with Crippen molar-refractivity contribution in [1.82, 2.24) is 0 Å². The molecule has 21 heavy (non-hydrogen) atoms. The van der Waals surface area contributed by atoms with Crippen LogP contribution in [0.4, 0.5) is 0 Å². The SMILES string of the molecule is CCCC(O)CCC(O)CCCCCCCCC(=O)OC. The molecule has 0 saturated heterocycles. The normalized spacial score (nSPS) is 13.9. The van der Waals surface area contributed by atoms with Gasteiger partial charge in [-0.05, 0) is 32.1 Å². The second kappa shape index (κ2) is 14.3. The molecule has 0 aliphatic rings. The number of hydrogen-bond donors (Lipinski definition) is 2. The molecule has 4 nitrogen and oxygen atoms in total. The quantitative estimate of drug-likeness (QED) is 0.380. The van der Waals surface area contributed by atoms with Crippen LogP contribution in [0.5, 0.6) is 0 Å². The smallest absolute Gasteiger partial charge is 0.305 e. The fraction of sp³-hybridized carbons (Fsp3) is 0.941. The molecule has 0 heterocycles. The predicted molar refractivity (Wildman–Crippen MR) is 85.1 cm³/mol. The summed E-state index contributed by atoms with van der Waals surface area (Å²) in [5.74, 6) is -0.122. The summed E-state index contributed by atoms with van der Waals surface area (Å²) in [6, 6.07) is 0. The predicted octanol–water partition coefficient (Wildman–Crippen LogP) is 3.58. The molecule has 2 N–H and O–H groups in total. The van der Waals surface area contributed by atoms with E-state index in [1.54, 1.807) is 0 Å². The zero-order valence-electron chi connectivity index (χ0n) is 13.9. The van der Waals surface area contributed by atoms with Crippen LogP contribution >= 0.6 is 0 Å². The highest BCUT2D eigenvalue weighted by molar-refractivity contribution is 5.68. The highest BCUT2D eigenvalue weighted by Gasteiger charge is 2.08. The van der Waals surface area contributed by atoms with Crippen molar-refractivity contribution in [3.05, 3.63) is 0 Å². The van der Waals surface area contributed by atoms with Crippen molar-refractivity contribution in [2.45, 2.75) is 96.2 Å². The monoisotopic (exact) mass is 302 g/mol. The summed E-state index contributed by atoms with van der Waals surface area (Å²) in [4.78, 5) is 10.9. The fourth-order valence-electron chi connectivity index (χ4n) is 2.47. The third kappa shape index (κ3) is 14.1. The van der Waals surface area contributed by atoms with Crippen molar-refractivity contribution in [3.8, 4) is 0 Å².